The number of furan rings is 1. The summed E-state index contributed by atoms with van der Waals surface area (Å²) in [6, 6.07) is 3.78. The van der Waals surface area contributed by atoms with Gasteiger partial charge in [0.05, 0.1) is 18.2 Å². The molecule has 5 nitrogen and oxygen atoms in total. The van der Waals surface area contributed by atoms with E-state index in [9.17, 15) is 0 Å². The molecule has 0 aromatic carbocycles. The third-order valence-electron chi connectivity index (χ3n) is 2.38. The van der Waals surface area contributed by atoms with Crippen molar-refractivity contribution >= 4 is 5.82 Å². The van der Waals surface area contributed by atoms with Gasteiger partial charge in [-0.05, 0) is 19.9 Å². The van der Waals surface area contributed by atoms with E-state index in [1.807, 2.05) is 26.0 Å². The molecule has 0 unspecified atom stereocenters. The molecule has 96 valence electrons. The maximum atomic E-state index is 5.35. The number of hydrogen-bond acceptors (Lipinski definition) is 5. The lowest BCUT2D eigenvalue weighted by molar-refractivity contribution is 0.128. The molecule has 0 fully saturated rings. The third kappa shape index (κ3) is 3.07. The second kappa shape index (κ2) is 6.16. The molecular weight excluding hydrogens is 230 g/mol. The van der Waals surface area contributed by atoms with Gasteiger partial charge in [0, 0.05) is 24.8 Å². The molecule has 0 bridgehead atoms. The number of aromatic nitrogens is 2. The van der Waals surface area contributed by atoms with Gasteiger partial charge in [-0.25, -0.2) is 9.97 Å². The van der Waals surface area contributed by atoms with Crippen molar-refractivity contribution in [1.29, 1.82) is 0 Å². The Morgan fingerprint density at radius 2 is 2.22 bits per heavy atom. The highest BCUT2D eigenvalue weighted by Crippen LogP contribution is 2.20. The molecule has 0 amide bonds. The predicted octanol–water partition coefficient (Wildman–Crippen LogP) is 2.70. The van der Waals surface area contributed by atoms with Crippen LogP contribution in [0.15, 0.2) is 29.1 Å². The molecule has 18 heavy (non-hydrogen) atoms. The van der Waals surface area contributed by atoms with Crippen molar-refractivity contribution in [3.63, 3.8) is 0 Å². The van der Waals surface area contributed by atoms with Crippen molar-refractivity contribution in [1.82, 2.24) is 9.97 Å². The molecule has 2 aromatic rings. The fourth-order valence-corrected chi connectivity index (χ4v) is 1.58. The molecule has 2 rings (SSSR count). The van der Waals surface area contributed by atoms with Crippen LogP contribution in [0.2, 0.25) is 0 Å². The zero-order chi connectivity index (χ0) is 12.8. The van der Waals surface area contributed by atoms with E-state index in [0.29, 0.717) is 19.0 Å². The van der Waals surface area contributed by atoms with Crippen LogP contribution in [-0.2, 0) is 11.3 Å². The Labute approximate surface area is 106 Å². The molecule has 0 aliphatic rings. The topological polar surface area (TPSA) is 60.2 Å². The van der Waals surface area contributed by atoms with Crippen LogP contribution in [0.25, 0.3) is 11.3 Å². The fraction of sp³-hybridized carbons (Fsp3) is 0.385. The van der Waals surface area contributed by atoms with E-state index >= 15 is 0 Å². The van der Waals surface area contributed by atoms with Gasteiger partial charge in [-0.1, -0.05) is 0 Å². The fourth-order valence-electron chi connectivity index (χ4n) is 1.58. The van der Waals surface area contributed by atoms with Crippen molar-refractivity contribution in [2.45, 2.75) is 20.5 Å². The molecule has 0 aliphatic carbocycles. The minimum absolute atomic E-state index is 0.417. The van der Waals surface area contributed by atoms with Gasteiger partial charge in [0.15, 0.2) is 5.82 Å². The maximum absolute atomic E-state index is 5.35. The second-order valence-electron chi connectivity index (χ2n) is 3.73. The van der Waals surface area contributed by atoms with Crippen LogP contribution in [0.1, 0.15) is 19.7 Å². The van der Waals surface area contributed by atoms with Gasteiger partial charge in [-0.3, -0.25) is 0 Å². The van der Waals surface area contributed by atoms with Gasteiger partial charge in [-0.2, -0.15) is 0 Å². The first-order chi connectivity index (χ1) is 8.83. The molecule has 0 saturated carbocycles. The highest BCUT2D eigenvalue weighted by Gasteiger charge is 2.07. The average molecular weight is 247 g/mol. The van der Waals surface area contributed by atoms with Gasteiger partial charge in [-0.15, -0.1) is 0 Å². The summed E-state index contributed by atoms with van der Waals surface area (Å²) in [5, 5.41) is 3.19. The van der Waals surface area contributed by atoms with Gasteiger partial charge < -0.3 is 14.5 Å². The number of nitrogens with one attached hydrogen (secondary N) is 1. The summed E-state index contributed by atoms with van der Waals surface area (Å²) in [7, 11) is 0. The number of hydrogen-bond donors (Lipinski definition) is 1. The van der Waals surface area contributed by atoms with E-state index in [0.717, 1.165) is 23.6 Å². The van der Waals surface area contributed by atoms with Gasteiger partial charge in [0.1, 0.15) is 12.4 Å². The monoisotopic (exact) mass is 247 g/mol. The molecule has 1 N–H and O–H groups in total. The van der Waals surface area contributed by atoms with E-state index < -0.39 is 0 Å². The normalized spacial score (nSPS) is 10.6. The Kier molecular flexibility index (Phi) is 4.30. The Balaban J connectivity index is 2.30. The largest absolute Gasteiger partial charge is 0.472 e. The van der Waals surface area contributed by atoms with Crippen LogP contribution in [0.3, 0.4) is 0 Å². The van der Waals surface area contributed by atoms with Crippen molar-refractivity contribution in [3.8, 4) is 11.3 Å². The van der Waals surface area contributed by atoms with Crippen LogP contribution >= 0.6 is 0 Å². The summed E-state index contributed by atoms with van der Waals surface area (Å²) in [6.45, 7) is 5.86. The van der Waals surface area contributed by atoms with Crippen molar-refractivity contribution in [2.24, 2.45) is 0 Å². The van der Waals surface area contributed by atoms with E-state index in [4.69, 9.17) is 9.15 Å². The molecule has 0 spiro atoms. The first-order valence-electron chi connectivity index (χ1n) is 6.05. The maximum Gasteiger partial charge on any atom is 0.157 e. The molecule has 5 heteroatoms. The molecule has 2 aromatic heterocycles. The SMILES string of the molecule is CCNc1cc(-c2ccoc2)nc(COCC)n1. The second-order valence-corrected chi connectivity index (χ2v) is 3.73. The average Bonchev–Trinajstić information content (AvgIpc) is 2.90. The van der Waals surface area contributed by atoms with Crippen LogP contribution in [0.4, 0.5) is 5.82 Å². The lowest BCUT2D eigenvalue weighted by Crippen LogP contribution is -2.06. The molecule has 0 aliphatic heterocycles. The standard InChI is InChI=1S/C13H17N3O2/c1-3-14-12-7-11(10-5-6-18-8-10)15-13(16-12)9-17-4-2/h5-8H,3-4,9H2,1-2H3,(H,14,15,16). The van der Waals surface area contributed by atoms with Crippen LogP contribution in [0, 0.1) is 0 Å². The highest BCUT2D eigenvalue weighted by molar-refractivity contribution is 5.61. The van der Waals surface area contributed by atoms with Gasteiger partial charge >= 0.3 is 0 Å². The summed E-state index contributed by atoms with van der Waals surface area (Å²) in [5.74, 6) is 1.48. The van der Waals surface area contributed by atoms with Crippen LogP contribution < -0.4 is 5.32 Å². The number of anilines is 1. The van der Waals surface area contributed by atoms with E-state index in [2.05, 4.69) is 15.3 Å². The van der Waals surface area contributed by atoms with E-state index in [1.165, 1.54) is 0 Å². The lowest BCUT2D eigenvalue weighted by Gasteiger charge is -2.08. The molecule has 0 saturated heterocycles. The Bertz CT molecular complexity index is 483. The Hall–Kier alpha value is -1.88. The highest BCUT2D eigenvalue weighted by atomic mass is 16.5. The minimum atomic E-state index is 0.417. The van der Waals surface area contributed by atoms with Crippen LogP contribution in [0.5, 0.6) is 0 Å². The molecule has 0 atom stereocenters. The molecule has 0 radical (unpaired) electrons. The predicted molar refractivity (Wildman–Crippen MR) is 69.2 cm³/mol. The Morgan fingerprint density at radius 3 is 2.89 bits per heavy atom. The first kappa shape index (κ1) is 12.6. The summed E-state index contributed by atoms with van der Waals surface area (Å²) in [5.41, 5.74) is 1.78. The Morgan fingerprint density at radius 1 is 1.33 bits per heavy atom. The minimum Gasteiger partial charge on any atom is -0.472 e. The van der Waals surface area contributed by atoms with E-state index in [1.54, 1.807) is 12.5 Å². The number of ether oxygens (including phenoxy) is 1. The summed E-state index contributed by atoms with van der Waals surface area (Å²) in [4.78, 5) is 8.85. The van der Waals surface area contributed by atoms with Crippen molar-refractivity contribution in [3.05, 3.63) is 30.5 Å². The zero-order valence-electron chi connectivity index (χ0n) is 10.6. The van der Waals surface area contributed by atoms with Crippen molar-refractivity contribution < 1.29 is 9.15 Å². The molecule has 2 heterocycles. The van der Waals surface area contributed by atoms with Gasteiger partial charge in [0.25, 0.3) is 0 Å². The zero-order valence-corrected chi connectivity index (χ0v) is 10.6. The van der Waals surface area contributed by atoms with Gasteiger partial charge in [0.2, 0.25) is 0 Å². The first-order valence-corrected chi connectivity index (χ1v) is 6.05. The summed E-state index contributed by atoms with van der Waals surface area (Å²) < 4.78 is 10.4. The van der Waals surface area contributed by atoms with Crippen molar-refractivity contribution in [2.75, 3.05) is 18.5 Å². The molecular formula is C13H17N3O2. The smallest absolute Gasteiger partial charge is 0.157 e. The quantitative estimate of drug-likeness (QED) is 0.850. The number of nitrogens with zero attached hydrogens (tertiary/aromatic N) is 2. The summed E-state index contributed by atoms with van der Waals surface area (Å²) in [6.07, 6.45) is 3.30. The number of rotatable bonds is 6. The van der Waals surface area contributed by atoms with E-state index in [-0.39, 0.29) is 0 Å². The third-order valence-corrected chi connectivity index (χ3v) is 2.38. The summed E-state index contributed by atoms with van der Waals surface area (Å²) >= 11 is 0. The lowest BCUT2D eigenvalue weighted by atomic mass is 10.2. The van der Waals surface area contributed by atoms with Crippen LogP contribution in [-0.4, -0.2) is 23.1 Å².